The van der Waals surface area contributed by atoms with Crippen LogP contribution in [0.4, 0.5) is 5.82 Å². The van der Waals surface area contributed by atoms with Crippen LogP contribution in [0.2, 0.25) is 0 Å². The molecular formula is C17H20N6OS. The van der Waals surface area contributed by atoms with Crippen LogP contribution in [0.3, 0.4) is 0 Å². The van der Waals surface area contributed by atoms with Crippen LogP contribution in [-0.2, 0) is 0 Å². The number of hydrogen-bond acceptors (Lipinski definition) is 7. The molecule has 0 bridgehead atoms. The number of aryl methyl sites for hydroxylation is 1. The molecule has 2 unspecified atom stereocenters. The highest BCUT2D eigenvalue weighted by atomic mass is 32.1. The molecule has 4 heterocycles. The number of anilines is 1. The van der Waals surface area contributed by atoms with E-state index in [9.17, 15) is 4.79 Å². The van der Waals surface area contributed by atoms with Crippen molar-refractivity contribution < 1.29 is 4.79 Å². The maximum absolute atomic E-state index is 12.7. The first kappa shape index (κ1) is 15.2. The van der Waals surface area contributed by atoms with Crippen LogP contribution in [-0.4, -0.2) is 56.5 Å². The molecule has 5 rings (SSSR count). The summed E-state index contributed by atoms with van der Waals surface area (Å²) in [7, 11) is 0. The Bertz CT molecular complexity index is 805. The Morgan fingerprint density at radius 3 is 2.56 bits per heavy atom. The molecule has 25 heavy (non-hydrogen) atoms. The highest BCUT2D eigenvalue weighted by molar-refractivity contribution is 7.07. The summed E-state index contributed by atoms with van der Waals surface area (Å²) in [5, 5.41) is 3.96. The molecule has 7 nitrogen and oxygen atoms in total. The molecule has 2 aliphatic heterocycles. The molecule has 2 aromatic rings. The molecule has 2 aromatic heterocycles. The van der Waals surface area contributed by atoms with Crippen LogP contribution in [0.1, 0.15) is 39.8 Å². The van der Waals surface area contributed by atoms with Gasteiger partial charge in [-0.25, -0.2) is 9.97 Å². The zero-order chi connectivity index (χ0) is 17.0. The monoisotopic (exact) mass is 356 g/mol. The van der Waals surface area contributed by atoms with E-state index >= 15 is 0 Å². The van der Waals surface area contributed by atoms with Crippen LogP contribution >= 0.6 is 11.5 Å². The van der Waals surface area contributed by atoms with Gasteiger partial charge in [-0.3, -0.25) is 4.79 Å². The van der Waals surface area contributed by atoms with Gasteiger partial charge >= 0.3 is 0 Å². The maximum atomic E-state index is 12.7. The average molecular weight is 356 g/mol. The molecule has 3 fully saturated rings. The fourth-order valence-corrected chi connectivity index (χ4v) is 4.68. The molecule has 2 atom stereocenters. The first-order chi connectivity index (χ1) is 12.2. The van der Waals surface area contributed by atoms with E-state index in [1.54, 1.807) is 6.33 Å². The van der Waals surface area contributed by atoms with Crippen molar-refractivity contribution in [3.8, 4) is 0 Å². The van der Waals surface area contributed by atoms with Crippen molar-refractivity contribution in [3.63, 3.8) is 0 Å². The van der Waals surface area contributed by atoms with Crippen molar-refractivity contribution in [1.82, 2.24) is 24.5 Å². The lowest BCUT2D eigenvalue weighted by Gasteiger charge is -2.22. The molecule has 1 aliphatic carbocycles. The quantitative estimate of drug-likeness (QED) is 0.834. The van der Waals surface area contributed by atoms with Gasteiger partial charge in [0.1, 0.15) is 17.0 Å². The van der Waals surface area contributed by atoms with Gasteiger partial charge in [0.15, 0.2) is 0 Å². The standard InChI is InChI=1S/C17H20N6OS/c1-10-16(25-21-20-10)17(24)23-7-12-5-22(6-13(12)8-23)15-4-14(11-2-3-11)18-9-19-15/h4,9,11-13H,2-3,5-8H2,1H3. The first-order valence-electron chi connectivity index (χ1n) is 8.84. The topological polar surface area (TPSA) is 75.1 Å². The van der Waals surface area contributed by atoms with Crippen LogP contribution in [0.15, 0.2) is 12.4 Å². The maximum Gasteiger partial charge on any atom is 0.267 e. The molecule has 0 spiro atoms. The van der Waals surface area contributed by atoms with E-state index in [0.29, 0.717) is 22.6 Å². The van der Waals surface area contributed by atoms with Crippen LogP contribution < -0.4 is 4.90 Å². The van der Waals surface area contributed by atoms with E-state index in [1.165, 1.54) is 30.1 Å². The van der Waals surface area contributed by atoms with Gasteiger partial charge in [-0.15, -0.1) is 5.10 Å². The number of fused-ring (bicyclic) bond motifs is 1. The van der Waals surface area contributed by atoms with Gasteiger partial charge < -0.3 is 9.80 Å². The van der Waals surface area contributed by atoms with E-state index in [0.717, 1.165) is 37.7 Å². The van der Waals surface area contributed by atoms with E-state index in [4.69, 9.17) is 0 Å². The Labute approximate surface area is 150 Å². The van der Waals surface area contributed by atoms with E-state index in [2.05, 4.69) is 30.5 Å². The van der Waals surface area contributed by atoms with Crippen molar-refractivity contribution in [2.24, 2.45) is 11.8 Å². The van der Waals surface area contributed by atoms with Crippen molar-refractivity contribution >= 4 is 23.3 Å². The number of likely N-dealkylation sites (tertiary alicyclic amines) is 1. The lowest BCUT2D eigenvalue weighted by Crippen LogP contribution is -2.33. The second-order valence-corrected chi connectivity index (χ2v) is 8.15. The Hall–Kier alpha value is -2.09. The van der Waals surface area contributed by atoms with Gasteiger partial charge in [0.25, 0.3) is 5.91 Å². The van der Waals surface area contributed by atoms with Crippen molar-refractivity contribution in [2.45, 2.75) is 25.7 Å². The summed E-state index contributed by atoms with van der Waals surface area (Å²) in [5.41, 5.74) is 1.93. The molecular weight excluding hydrogens is 336 g/mol. The Morgan fingerprint density at radius 1 is 1.16 bits per heavy atom. The normalized spacial score (nSPS) is 25.5. The first-order valence-corrected chi connectivity index (χ1v) is 9.61. The second-order valence-electron chi connectivity index (χ2n) is 7.40. The fraction of sp³-hybridized carbons (Fsp3) is 0.588. The molecule has 1 amide bonds. The van der Waals surface area contributed by atoms with Gasteiger partial charge in [-0.1, -0.05) is 4.49 Å². The number of carbonyl (C=O) groups is 1. The van der Waals surface area contributed by atoms with Gasteiger partial charge in [0.2, 0.25) is 0 Å². The second kappa shape index (κ2) is 5.72. The van der Waals surface area contributed by atoms with Crippen molar-refractivity contribution in [1.29, 1.82) is 0 Å². The third-order valence-corrected chi connectivity index (χ3v) is 6.43. The summed E-state index contributed by atoms with van der Waals surface area (Å²) in [6.07, 6.45) is 4.21. The highest BCUT2D eigenvalue weighted by Crippen LogP contribution is 2.40. The van der Waals surface area contributed by atoms with Gasteiger partial charge in [0, 0.05) is 55.7 Å². The van der Waals surface area contributed by atoms with Gasteiger partial charge in [-0.05, 0) is 31.3 Å². The number of rotatable bonds is 3. The lowest BCUT2D eigenvalue weighted by molar-refractivity contribution is 0.0786. The average Bonchev–Trinajstić information content (AvgIpc) is 3.07. The summed E-state index contributed by atoms with van der Waals surface area (Å²) >= 11 is 1.20. The Morgan fingerprint density at radius 2 is 1.92 bits per heavy atom. The third-order valence-electron chi connectivity index (χ3n) is 5.61. The third kappa shape index (κ3) is 2.68. The SMILES string of the molecule is Cc1nnsc1C(=O)N1CC2CN(c3cc(C4CC4)ncn3)CC2C1. The molecule has 8 heteroatoms. The van der Waals surface area contributed by atoms with Gasteiger partial charge in [-0.2, -0.15) is 0 Å². The summed E-state index contributed by atoms with van der Waals surface area (Å²) in [6, 6.07) is 2.16. The molecule has 130 valence electrons. The minimum atomic E-state index is 0.0894. The zero-order valence-corrected chi connectivity index (χ0v) is 14.9. The summed E-state index contributed by atoms with van der Waals surface area (Å²) < 4.78 is 3.89. The van der Waals surface area contributed by atoms with E-state index in [1.807, 2.05) is 11.8 Å². The van der Waals surface area contributed by atoms with Gasteiger partial charge in [0.05, 0.1) is 5.69 Å². The predicted octanol–water partition coefficient (Wildman–Crippen LogP) is 1.72. The molecule has 0 aromatic carbocycles. The van der Waals surface area contributed by atoms with E-state index in [-0.39, 0.29) is 5.91 Å². The molecule has 1 saturated carbocycles. The zero-order valence-electron chi connectivity index (χ0n) is 14.1. The minimum Gasteiger partial charge on any atom is -0.356 e. The smallest absolute Gasteiger partial charge is 0.267 e. The summed E-state index contributed by atoms with van der Waals surface area (Å²) in [6.45, 7) is 5.42. The van der Waals surface area contributed by atoms with Crippen molar-refractivity contribution in [2.75, 3.05) is 31.1 Å². The molecule has 3 aliphatic rings. The molecule has 0 N–H and O–H groups in total. The predicted molar refractivity (Wildman–Crippen MR) is 93.7 cm³/mol. The summed E-state index contributed by atoms with van der Waals surface area (Å²) in [4.78, 5) is 26.6. The number of amides is 1. The van der Waals surface area contributed by atoms with E-state index < -0.39 is 0 Å². The summed E-state index contributed by atoms with van der Waals surface area (Å²) in [5.74, 6) is 2.82. The fourth-order valence-electron chi connectivity index (χ4n) is 4.05. The Kier molecular flexibility index (Phi) is 3.48. The van der Waals surface area contributed by atoms with Crippen molar-refractivity contribution in [3.05, 3.63) is 28.7 Å². The lowest BCUT2D eigenvalue weighted by atomic mass is 10.0. The molecule has 2 saturated heterocycles. The number of nitrogens with zero attached hydrogens (tertiary/aromatic N) is 6. The number of hydrogen-bond donors (Lipinski definition) is 0. The largest absolute Gasteiger partial charge is 0.356 e. The van der Waals surface area contributed by atoms with Crippen LogP contribution in [0, 0.1) is 18.8 Å². The number of carbonyl (C=O) groups excluding carboxylic acids is 1. The number of aromatic nitrogens is 4. The van der Waals surface area contributed by atoms with Crippen LogP contribution in [0.5, 0.6) is 0 Å². The minimum absolute atomic E-state index is 0.0894. The Balaban J connectivity index is 1.27. The highest BCUT2D eigenvalue weighted by Gasteiger charge is 2.42. The molecule has 0 radical (unpaired) electrons. The van der Waals surface area contributed by atoms with Crippen LogP contribution in [0.25, 0.3) is 0 Å².